The van der Waals surface area contributed by atoms with E-state index in [0.29, 0.717) is 31.4 Å². The third-order valence-electron chi connectivity index (χ3n) is 7.95. The number of allylic oxidation sites excluding steroid dienone is 4. The quantitative estimate of drug-likeness (QED) is 0.785. The van der Waals surface area contributed by atoms with Crippen molar-refractivity contribution in [3.63, 3.8) is 0 Å². The van der Waals surface area contributed by atoms with Gasteiger partial charge in [0.1, 0.15) is 17.6 Å². The Bertz CT molecular complexity index is 1260. The summed E-state index contributed by atoms with van der Waals surface area (Å²) in [5.74, 6) is 1.05. The lowest BCUT2D eigenvalue weighted by molar-refractivity contribution is -0.120. The van der Waals surface area contributed by atoms with Gasteiger partial charge < -0.3 is 10.5 Å². The number of benzene rings is 1. The summed E-state index contributed by atoms with van der Waals surface area (Å²) < 4.78 is 6.50. The average molecular weight is 427 g/mol. The third kappa shape index (κ3) is 2.77. The van der Waals surface area contributed by atoms with Crippen LogP contribution in [-0.4, -0.2) is 29.2 Å². The van der Waals surface area contributed by atoms with Crippen LogP contribution in [0.15, 0.2) is 71.8 Å². The van der Waals surface area contributed by atoms with Gasteiger partial charge in [-0.15, -0.1) is 0 Å². The van der Waals surface area contributed by atoms with E-state index in [0.717, 1.165) is 27.7 Å². The highest BCUT2D eigenvalue weighted by atomic mass is 16.5. The second-order valence-electron chi connectivity index (χ2n) is 9.84. The molecule has 4 aliphatic rings. The summed E-state index contributed by atoms with van der Waals surface area (Å²) in [5, 5.41) is 2.16. The first kappa shape index (κ1) is 19.6. The van der Waals surface area contributed by atoms with Crippen LogP contribution in [0, 0.1) is 17.3 Å². The molecule has 1 aliphatic heterocycles. The number of rotatable bonds is 2. The summed E-state index contributed by atoms with van der Waals surface area (Å²) in [6.45, 7) is 2.65. The van der Waals surface area contributed by atoms with Crippen LogP contribution in [0.4, 0.5) is 0 Å². The number of nitrogens with two attached hydrogens (primary N) is 1. The predicted molar refractivity (Wildman–Crippen MR) is 122 cm³/mol. The predicted octanol–water partition coefficient (Wildman–Crippen LogP) is 4.00. The van der Waals surface area contributed by atoms with E-state index < -0.39 is 0 Å². The van der Waals surface area contributed by atoms with Gasteiger partial charge in [0.25, 0.3) is 0 Å². The van der Waals surface area contributed by atoms with Crippen molar-refractivity contribution in [2.75, 3.05) is 6.54 Å². The fourth-order valence-corrected chi connectivity index (χ4v) is 6.21. The summed E-state index contributed by atoms with van der Waals surface area (Å²) in [6.07, 6.45) is 11.3. The van der Waals surface area contributed by atoms with Gasteiger partial charge in [-0.2, -0.15) is 0 Å². The second-order valence-corrected chi connectivity index (χ2v) is 9.84. The summed E-state index contributed by atoms with van der Waals surface area (Å²) >= 11 is 0. The van der Waals surface area contributed by atoms with E-state index in [-0.39, 0.29) is 40.8 Å². The SMILES string of the molecule is C[C@]12C=CC3=CC4=C(CC(CN)CC4=O)O[C@H]3[C@@H]1CC(=O)[C@@H]2c1ccc2ccncc2c1. The number of ether oxygens (including phenoxy) is 1. The molecule has 1 fully saturated rings. The average Bonchev–Trinajstić information content (AvgIpc) is 3.08. The molecule has 2 heterocycles. The maximum atomic E-state index is 13.4. The molecule has 0 bridgehead atoms. The maximum absolute atomic E-state index is 13.4. The molecule has 0 spiro atoms. The highest BCUT2D eigenvalue weighted by Crippen LogP contribution is 2.58. The monoisotopic (exact) mass is 426 g/mol. The molecular formula is C27H26N2O3. The molecule has 5 nitrogen and oxygen atoms in total. The lowest BCUT2D eigenvalue weighted by Gasteiger charge is -2.44. The molecule has 0 saturated heterocycles. The Labute approximate surface area is 187 Å². The van der Waals surface area contributed by atoms with Crippen LogP contribution in [0.5, 0.6) is 0 Å². The second kappa shape index (κ2) is 6.97. The first-order valence-electron chi connectivity index (χ1n) is 11.4. The van der Waals surface area contributed by atoms with Crippen LogP contribution in [-0.2, 0) is 14.3 Å². The molecular weight excluding hydrogens is 400 g/mol. The molecule has 1 aromatic carbocycles. The van der Waals surface area contributed by atoms with Crippen molar-refractivity contribution in [1.82, 2.24) is 4.98 Å². The van der Waals surface area contributed by atoms with Crippen molar-refractivity contribution in [3.8, 4) is 0 Å². The van der Waals surface area contributed by atoms with E-state index in [1.54, 1.807) is 6.20 Å². The highest BCUT2D eigenvalue weighted by Gasteiger charge is 2.57. The summed E-state index contributed by atoms with van der Waals surface area (Å²) in [5.41, 5.74) is 8.24. The number of pyridine rings is 1. The van der Waals surface area contributed by atoms with Crippen molar-refractivity contribution in [2.45, 2.75) is 38.2 Å². The number of nitrogens with zero attached hydrogens (tertiary/aromatic N) is 1. The van der Waals surface area contributed by atoms with Crippen LogP contribution >= 0.6 is 0 Å². The number of hydrogen-bond acceptors (Lipinski definition) is 5. The van der Waals surface area contributed by atoms with Gasteiger partial charge in [0.15, 0.2) is 5.78 Å². The molecule has 32 heavy (non-hydrogen) atoms. The lowest BCUT2D eigenvalue weighted by atomic mass is 9.64. The van der Waals surface area contributed by atoms with Gasteiger partial charge in [0.05, 0.1) is 11.5 Å². The first-order chi connectivity index (χ1) is 15.5. The Morgan fingerprint density at radius 1 is 1.16 bits per heavy atom. The Balaban J connectivity index is 1.39. The molecule has 5 heteroatoms. The number of Topliss-reactive ketones (excluding diaryl/α,β-unsaturated/α-hetero) is 2. The topological polar surface area (TPSA) is 82.3 Å². The van der Waals surface area contributed by atoms with Crippen LogP contribution in [0.2, 0.25) is 0 Å². The molecule has 1 unspecified atom stereocenters. The zero-order valence-corrected chi connectivity index (χ0v) is 18.1. The molecule has 1 aromatic heterocycles. The molecule has 1 saturated carbocycles. The van der Waals surface area contributed by atoms with Crippen molar-refractivity contribution >= 4 is 22.3 Å². The van der Waals surface area contributed by atoms with Gasteiger partial charge >= 0.3 is 0 Å². The highest BCUT2D eigenvalue weighted by molar-refractivity contribution is 6.00. The largest absolute Gasteiger partial charge is 0.489 e. The normalized spacial score (nSPS) is 33.5. The van der Waals surface area contributed by atoms with Crippen LogP contribution in [0.3, 0.4) is 0 Å². The van der Waals surface area contributed by atoms with E-state index in [1.165, 1.54) is 0 Å². The van der Waals surface area contributed by atoms with Gasteiger partial charge in [0.2, 0.25) is 0 Å². The summed E-state index contributed by atoms with van der Waals surface area (Å²) in [6, 6.07) is 8.24. The number of carbonyl (C=O) groups excluding carboxylic acids is 2. The van der Waals surface area contributed by atoms with Gasteiger partial charge in [-0.25, -0.2) is 0 Å². The van der Waals surface area contributed by atoms with Crippen LogP contribution in [0.25, 0.3) is 10.8 Å². The Hall–Kier alpha value is -3.05. The van der Waals surface area contributed by atoms with Crippen molar-refractivity contribution < 1.29 is 14.3 Å². The van der Waals surface area contributed by atoms with E-state index in [1.807, 2.05) is 18.3 Å². The minimum Gasteiger partial charge on any atom is -0.489 e. The van der Waals surface area contributed by atoms with Gasteiger partial charge in [-0.3, -0.25) is 14.6 Å². The molecule has 2 N–H and O–H groups in total. The summed E-state index contributed by atoms with van der Waals surface area (Å²) in [7, 11) is 0. The van der Waals surface area contributed by atoms with Gasteiger partial charge in [0, 0.05) is 48.4 Å². The van der Waals surface area contributed by atoms with Crippen molar-refractivity contribution in [3.05, 3.63) is 77.4 Å². The summed E-state index contributed by atoms with van der Waals surface area (Å²) in [4.78, 5) is 30.3. The van der Waals surface area contributed by atoms with Crippen molar-refractivity contribution in [1.29, 1.82) is 0 Å². The van der Waals surface area contributed by atoms with Crippen LogP contribution < -0.4 is 5.73 Å². The molecule has 5 atom stereocenters. The fourth-order valence-electron chi connectivity index (χ4n) is 6.21. The van der Waals surface area contributed by atoms with E-state index >= 15 is 0 Å². The molecule has 3 aliphatic carbocycles. The van der Waals surface area contributed by atoms with Crippen molar-refractivity contribution in [2.24, 2.45) is 23.0 Å². The zero-order chi connectivity index (χ0) is 22.0. The Kier molecular flexibility index (Phi) is 4.28. The third-order valence-corrected chi connectivity index (χ3v) is 7.95. The molecule has 0 amide bonds. The number of aromatic nitrogens is 1. The molecule has 2 aromatic rings. The zero-order valence-electron chi connectivity index (χ0n) is 18.1. The smallest absolute Gasteiger partial charge is 0.166 e. The van der Waals surface area contributed by atoms with Gasteiger partial charge in [-0.05, 0) is 47.2 Å². The number of carbonyl (C=O) groups is 2. The number of ketones is 2. The number of hydrogen-bond donors (Lipinski definition) is 1. The molecule has 162 valence electrons. The molecule has 0 radical (unpaired) electrons. The van der Waals surface area contributed by atoms with E-state index in [4.69, 9.17) is 10.5 Å². The first-order valence-corrected chi connectivity index (χ1v) is 11.4. The van der Waals surface area contributed by atoms with E-state index in [2.05, 4.69) is 42.3 Å². The maximum Gasteiger partial charge on any atom is 0.166 e. The number of fused-ring (bicyclic) bond motifs is 4. The van der Waals surface area contributed by atoms with Gasteiger partial charge in [-0.1, -0.05) is 31.2 Å². The van der Waals surface area contributed by atoms with Crippen LogP contribution in [0.1, 0.15) is 37.7 Å². The minimum atomic E-state index is -0.348. The fraction of sp³-hybridized carbons (Fsp3) is 0.370. The standard InChI is InChI=1S/C27H26N2O3/c1-27-6-4-18-11-20-22(30)8-15(13-28)9-24(20)32-26(18)21(27)12-23(31)25(27)17-3-2-16-5-7-29-14-19(16)10-17/h2-7,10-11,14-15,21,25-26H,8-9,12-13,28H2,1H3/t15?,21-,25-,26+,27-/m0/s1. The lowest BCUT2D eigenvalue weighted by Crippen LogP contribution is -2.41. The Morgan fingerprint density at radius 2 is 2.03 bits per heavy atom. The minimum absolute atomic E-state index is 0.0308. The molecule has 6 rings (SSSR count). The Morgan fingerprint density at radius 3 is 2.88 bits per heavy atom. The van der Waals surface area contributed by atoms with E-state index in [9.17, 15) is 9.59 Å².